The van der Waals surface area contributed by atoms with E-state index in [0.717, 1.165) is 0 Å². The van der Waals surface area contributed by atoms with Crippen molar-refractivity contribution in [1.82, 2.24) is 4.98 Å². The highest BCUT2D eigenvalue weighted by Crippen LogP contribution is 2.44. The number of aliphatic hydroxyl groups excluding tert-OH is 1. The van der Waals surface area contributed by atoms with Crippen LogP contribution >= 0.6 is 80.9 Å². The number of halogens is 6. The fraction of sp³-hybridized carbons (Fsp3) is 0.0625. The van der Waals surface area contributed by atoms with Crippen LogP contribution in [0, 0.1) is 0 Å². The van der Waals surface area contributed by atoms with Gasteiger partial charge in [0, 0.05) is 11.1 Å². The van der Waals surface area contributed by atoms with Crippen LogP contribution in [0.1, 0.15) is 4.88 Å². The first kappa shape index (κ1) is 19.5. The van der Waals surface area contributed by atoms with Crippen molar-refractivity contribution in [1.29, 1.82) is 0 Å². The molecule has 130 valence electrons. The molecule has 0 radical (unpaired) electrons. The lowest BCUT2D eigenvalue weighted by molar-refractivity contribution is 0.286. The highest BCUT2D eigenvalue weighted by Gasteiger charge is 2.20. The molecule has 0 saturated carbocycles. The molecule has 9 heteroatoms. The van der Waals surface area contributed by atoms with Gasteiger partial charge < -0.3 is 5.11 Å². The third-order valence-corrected chi connectivity index (χ3v) is 7.06. The number of aliphatic hydroxyl groups is 1. The van der Waals surface area contributed by atoms with E-state index < -0.39 is 0 Å². The highest BCUT2D eigenvalue weighted by molar-refractivity contribution is 7.15. The van der Waals surface area contributed by atoms with Crippen LogP contribution in [0.15, 0.2) is 24.3 Å². The lowest BCUT2D eigenvalue weighted by Gasteiger charge is -2.06. The standard InChI is InChI=1S/C16H7Cl6NOS/c17-8-3-1-6(11(19)13(8)21)15-10(5-24)25-16(23-15)7-2-4-9(18)14(22)12(7)20/h1-4,24H,5H2. The summed E-state index contributed by atoms with van der Waals surface area (Å²) in [5.41, 5.74) is 1.69. The van der Waals surface area contributed by atoms with Gasteiger partial charge in [0.05, 0.1) is 47.3 Å². The van der Waals surface area contributed by atoms with Crippen molar-refractivity contribution in [2.45, 2.75) is 6.61 Å². The van der Waals surface area contributed by atoms with Gasteiger partial charge in [-0.2, -0.15) is 0 Å². The van der Waals surface area contributed by atoms with Crippen molar-refractivity contribution in [3.05, 3.63) is 59.3 Å². The second kappa shape index (κ2) is 7.79. The van der Waals surface area contributed by atoms with Gasteiger partial charge in [-0.05, 0) is 24.3 Å². The minimum absolute atomic E-state index is 0.220. The van der Waals surface area contributed by atoms with E-state index in [2.05, 4.69) is 4.98 Å². The molecule has 25 heavy (non-hydrogen) atoms. The molecule has 0 aliphatic rings. The Hall–Kier alpha value is -0.230. The number of thiazole rings is 1. The monoisotopic (exact) mass is 471 g/mol. The Morgan fingerprint density at radius 2 is 1.28 bits per heavy atom. The molecule has 3 aromatic rings. The van der Waals surface area contributed by atoms with Crippen LogP contribution in [0.4, 0.5) is 0 Å². The summed E-state index contributed by atoms with van der Waals surface area (Å²) in [6, 6.07) is 6.68. The van der Waals surface area contributed by atoms with Crippen molar-refractivity contribution < 1.29 is 5.11 Å². The maximum atomic E-state index is 9.71. The molecule has 1 N–H and O–H groups in total. The number of aromatic nitrogens is 1. The van der Waals surface area contributed by atoms with Gasteiger partial charge in [0.1, 0.15) is 5.01 Å². The summed E-state index contributed by atoms with van der Waals surface area (Å²) in [6.45, 7) is -0.220. The average Bonchev–Trinajstić information content (AvgIpc) is 3.01. The molecule has 0 bridgehead atoms. The second-order valence-electron chi connectivity index (χ2n) is 4.89. The SMILES string of the molecule is OCc1sc(-c2ccc(Cl)c(Cl)c2Cl)nc1-c1ccc(Cl)c(Cl)c1Cl. The Morgan fingerprint density at radius 1 is 0.760 bits per heavy atom. The van der Waals surface area contributed by atoms with E-state index in [4.69, 9.17) is 69.6 Å². The highest BCUT2D eigenvalue weighted by atomic mass is 35.5. The normalized spacial score (nSPS) is 11.2. The molecule has 0 spiro atoms. The first-order valence-corrected chi connectivity index (χ1v) is 9.81. The van der Waals surface area contributed by atoms with Gasteiger partial charge in [-0.3, -0.25) is 0 Å². The predicted molar refractivity (Wildman–Crippen MR) is 109 cm³/mol. The van der Waals surface area contributed by atoms with E-state index in [1.807, 2.05) is 0 Å². The molecule has 0 saturated heterocycles. The number of rotatable bonds is 3. The van der Waals surface area contributed by atoms with Crippen molar-refractivity contribution >= 4 is 80.9 Å². The molecule has 1 heterocycles. The van der Waals surface area contributed by atoms with Crippen molar-refractivity contribution in [3.8, 4) is 21.8 Å². The smallest absolute Gasteiger partial charge is 0.125 e. The first-order chi connectivity index (χ1) is 11.8. The molecule has 2 aromatic carbocycles. The van der Waals surface area contributed by atoms with Crippen LogP contribution < -0.4 is 0 Å². The first-order valence-electron chi connectivity index (χ1n) is 6.73. The lowest BCUT2D eigenvalue weighted by Crippen LogP contribution is -1.88. The summed E-state index contributed by atoms with van der Waals surface area (Å²) >= 11 is 38.0. The van der Waals surface area contributed by atoms with Gasteiger partial charge in [0.15, 0.2) is 0 Å². The van der Waals surface area contributed by atoms with E-state index >= 15 is 0 Å². The Bertz CT molecular complexity index is 972. The summed E-state index contributed by atoms with van der Waals surface area (Å²) in [5, 5.41) is 12.0. The predicted octanol–water partition coefficient (Wildman–Crippen LogP) is 7.89. The van der Waals surface area contributed by atoms with E-state index in [0.29, 0.717) is 41.8 Å². The van der Waals surface area contributed by atoms with Crippen LogP contribution in [-0.4, -0.2) is 10.1 Å². The lowest BCUT2D eigenvalue weighted by atomic mass is 10.1. The molecular formula is C16H7Cl6NOS. The molecule has 0 amide bonds. The fourth-order valence-corrected chi connectivity index (χ4v) is 4.46. The number of hydrogen-bond acceptors (Lipinski definition) is 3. The number of nitrogens with zero attached hydrogens (tertiary/aromatic N) is 1. The summed E-state index contributed by atoms with van der Waals surface area (Å²) < 4.78 is 0. The summed E-state index contributed by atoms with van der Waals surface area (Å²) in [6.07, 6.45) is 0. The van der Waals surface area contributed by atoms with Crippen LogP contribution in [0.3, 0.4) is 0 Å². The quantitative estimate of drug-likeness (QED) is 0.392. The zero-order valence-electron chi connectivity index (χ0n) is 12.1. The molecule has 0 fully saturated rings. The number of hydrogen-bond donors (Lipinski definition) is 1. The molecule has 0 aliphatic carbocycles. The molecule has 2 nitrogen and oxygen atoms in total. The molecule has 1 aromatic heterocycles. The summed E-state index contributed by atoms with van der Waals surface area (Å²) in [5.74, 6) is 0. The number of benzene rings is 2. The third kappa shape index (κ3) is 3.62. The molecule has 3 rings (SSSR count). The van der Waals surface area contributed by atoms with Crippen LogP contribution in [0.25, 0.3) is 21.8 Å². The average molecular weight is 474 g/mol. The molecular weight excluding hydrogens is 467 g/mol. The maximum Gasteiger partial charge on any atom is 0.125 e. The van der Waals surface area contributed by atoms with E-state index in [-0.39, 0.29) is 21.7 Å². The Kier molecular flexibility index (Phi) is 6.09. The van der Waals surface area contributed by atoms with E-state index in [9.17, 15) is 5.11 Å². The van der Waals surface area contributed by atoms with Crippen LogP contribution in [0.5, 0.6) is 0 Å². The Morgan fingerprint density at radius 3 is 1.84 bits per heavy atom. The van der Waals surface area contributed by atoms with Gasteiger partial charge in [-0.15, -0.1) is 11.3 Å². The largest absolute Gasteiger partial charge is 0.391 e. The topological polar surface area (TPSA) is 33.1 Å². The van der Waals surface area contributed by atoms with Crippen LogP contribution in [-0.2, 0) is 6.61 Å². The van der Waals surface area contributed by atoms with Gasteiger partial charge >= 0.3 is 0 Å². The molecule has 0 aliphatic heterocycles. The van der Waals surface area contributed by atoms with Gasteiger partial charge in [0.25, 0.3) is 0 Å². The van der Waals surface area contributed by atoms with Gasteiger partial charge in [-0.25, -0.2) is 4.98 Å². The van der Waals surface area contributed by atoms with Gasteiger partial charge in [-0.1, -0.05) is 69.6 Å². The zero-order chi connectivity index (χ0) is 18.3. The second-order valence-corrected chi connectivity index (χ2v) is 8.30. The molecule has 0 atom stereocenters. The fourth-order valence-electron chi connectivity index (χ4n) is 2.18. The van der Waals surface area contributed by atoms with E-state index in [1.165, 1.54) is 11.3 Å². The van der Waals surface area contributed by atoms with Crippen LogP contribution in [0.2, 0.25) is 30.1 Å². The minimum atomic E-state index is -0.220. The van der Waals surface area contributed by atoms with E-state index in [1.54, 1.807) is 24.3 Å². The molecule has 0 unspecified atom stereocenters. The Labute approximate surface area is 177 Å². The van der Waals surface area contributed by atoms with Crippen molar-refractivity contribution in [2.75, 3.05) is 0 Å². The Balaban J connectivity index is 2.20. The minimum Gasteiger partial charge on any atom is -0.391 e. The maximum absolute atomic E-state index is 9.71. The van der Waals surface area contributed by atoms with Crippen molar-refractivity contribution in [2.24, 2.45) is 0 Å². The van der Waals surface area contributed by atoms with Crippen molar-refractivity contribution in [3.63, 3.8) is 0 Å². The van der Waals surface area contributed by atoms with Gasteiger partial charge in [0.2, 0.25) is 0 Å². The summed E-state index contributed by atoms with van der Waals surface area (Å²) in [4.78, 5) is 5.18. The zero-order valence-corrected chi connectivity index (χ0v) is 17.4. The summed E-state index contributed by atoms with van der Waals surface area (Å²) in [7, 11) is 0. The third-order valence-electron chi connectivity index (χ3n) is 3.40.